The number of esters is 1. The van der Waals surface area contributed by atoms with E-state index in [0.717, 1.165) is 27.8 Å². The van der Waals surface area contributed by atoms with E-state index in [0.29, 0.717) is 5.56 Å². The van der Waals surface area contributed by atoms with Crippen LogP contribution in [0, 0.1) is 0 Å². The first kappa shape index (κ1) is 21.3. The van der Waals surface area contributed by atoms with Crippen LogP contribution in [-0.4, -0.2) is 5.97 Å². The van der Waals surface area contributed by atoms with Crippen molar-refractivity contribution in [3.8, 4) is 0 Å². The van der Waals surface area contributed by atoms with Gasteiger partial charge >= 0.3 is 5.97 Å². The van der Waals surface area contributed by atoms with Crippen molar-refractivity contribution in [3.05, 3.63) is 155 Å². The normalized spacial score (nSPS) is 11.7. The van der Waals surface area contributed by atoms with Gasteiger partial charge in [-0.05, 0) is 40.8 Å². The van der Waals surface area contributed by atoms with Gasteiger partial charge < -0.3 is 4.74 Å². The van der Waals surface area contributed by atoms with Gasteiger partial charge in [0.2, 0.25) is 0 Å². The van der Waals surface area contributed by atoms with E-state index in [1.165, 1.54) is 0 Å². The Morgan fingerprint density at radius 1 is 0.656 bits per heavy atom. The summed E-state index contributed by atoms with van der Waals surface area (Å²) in [7, 11) is 0. The van der Waals surface area contributed by atoms with Crippen LogP contribution in [0.2, 0.25) is 0 Å². The number of hydrogen-bond donors (Lipinski definition) is 0. The van der Waals surface area contributed by atoms with E-state index in [4.69, 9.17) is 4.74 Å². The lowest BCUT2D eigenvalue weighted by atomic mass is 9.83. The second-order valence-electron chi connectivity index (χ2n) is 7.88. The van der Waals surface area contributed by atoms with Crippen LogP contribution in [0.25, 0.3) is 0 Å². The summed E-state index contributed by atoms with van der Waals surface area (Å²) in [4.78, 5) is 13.5. The molecule has 0 heterocycles. The first-order chi connectivity index (χ1) is 15.6. The number of carbonyl (C=O) groups excluding carboxylic acids is 1. The second-order valence-corrected chi connectivity index (χ2v) is 7.88. The zero-order chi connectivity index (χ0) is 22.3. The molecule has 0 aromatic heterocycles. The quantitative estimate of drug-likeness (QED) is 0.178. The predicted octanol–water partition coefficient (Wildman–Crippen LogP) is 7.34. The van der Waals surface area contributed by atoms with Crippen molar-refractivity contribution < 1.29 is 9.53 Å². The zero-order valence-corrected chi connectivity index (χ0v) is 18.1. The number of ether oxygens (including phenoxy) is 1. The molecule has 0 fully saturated rings. The number of rotatable bonds is 7. The Balaban J connectivity index is 1.75. The van der Waals surface area contributed by atoms with E-state index in [2.05, 4.69) is 30.8 Å². The van der Waals surface area contributed by atoms with Crippen molar-refractivity contribution in [2.75, 3.05) is 0 Å². The third-order valence-corrected chi connectivity index (χ3v) is 5.53. The number of carbonyl (C=O) groups is 1. The maximum Gasteiger partial charge on any atom is 0.339 e. The zero-order valence-electron chi connectivity index (χ0n) is 18.1. The van der Waals surface area contributed by atoms with E-state index in [9.17, 15) is 4.79 Å². The standard InChI is InChI=1S/C30H26O2/c1-22(2)29(25-18-10-5-11-19-25)32-30(31)27-21-13-12-20-26(27)28(23-14-6-3-7-15-23)24-16-8-4-9-17-24/h3-21,28-29H,1H2,2H3/t29-/m0/s1. The summed E-state index contributed by atoms with van der Waals surface area (Å²) < 4.78 is 6.01. The first-order valence-corrected chi connectivity index (χ1v) is 10.8. The lowest BCUT2D eigenvalue weighted by Gasteiger charge is -2.23. The van der Waals surface area contributed by atoms with Gasteiger partial charge in [-0.2, -0.15) is 0 Å². The third-order valence-electron chi connectivity index (χ3n) is 5.53. The molecule has 0 spiro atoms. The van der Waals surface area contributed by atoms with Gasteiger partial charge in [-0.3, -0.25) is 0 Å². The Morgan fingerprint density at radius 3 is 1.59 bits per heavy atom. The van der Waals surface area contributed by atoms with Crippen LogP contribution in [0.3, 0.4) is 0 Å². The van der Waals surface area contributed by atoms with Gasteiger partial charge in [0.1, 0.15) is 6.10 Å². The Kier molecular flexibility index (Phi) is 6.62. The van der Waals surface area contributed by atoms with Crippen molar-refractivity contribution >= 4 is 5.97 Å². The molecule has 0 unspecified atom stereocenters. The molecule has 2 heteroatoms. The molecule has 0 aliphatic carbocycles. The van der Waals surface area contributed by atoms with Crippen LogP contribution in [-0.2, 0) is 4.74 Å². The molecule has 0 aliphatic rings. The van der Waals surface area contributed by atoms with E-state index in [1.807, 2.05) is 97.9 Å². The van der Waals surface area contributed by atoms with Gasteiger partial charge in [0.05, 0.1) is 5.56 Å². The fourth-order valence-electron chi connectivity index (χ4n) is 4.03. The van der Waals surface area contributed by atoms with E-state index in [-0.39, 0.29) is 11.9 Å². The van der Waals surface area contributed by atoms with E-state index < -0.39 is 6.10 Å². The SMILES string of the molecule is C=C(C)[C@H](OC(=O)c1ccccc1C(c1ccccc1)c1ccccc1)c1ccccc1. The molecule has 0 saturated carbocycles. The maximum absolute atomic E-state index is 13.5. The number of hydrogen-bond acceptors (Lipinski definition) is 2. The summed E-state index contributed by atoms with van der Waals surface area (Å²) in [6, 6.07) is 37.9. The summed E-state index contributed by atoms with van der Waals surface area (Å²) in [5, 5.41) is 0. The first-order valence-electron chi connectivity index (χ1n) is 10.8. The topological polar surface area (TPSA) is 26.3 Å². The average molecular weight is 419 g/mol. The molecular weight excluding hydrogens is 392 g/mol. The molecule has 1 atom stereocenters. The van der Waals surface area contributed by atoms with Crippen molar-refractivity contribution in [1.82, 2.24) is 0 Å². The molecule has 158 valence electrons. The van der Waals surface area contributed by atoms with Gasteiger partial charge in [-0.25, -0.2) is 4.79 Å². The largest absolute Gasteiger partial charge is 0.449 e. The molecule has 4 aromatic carbocycles. The average Bonchev–Trinajstić information content (AvgIpc) is 2.84. The van der Waals surface area contributed by atoms with Gasteiger partial charge in [-0.1, -0.05) is 116 Å². The Hall–Kier alpha value is -3.91. The highest BCUT2D eigenvalue weighted by atomic mass is 16.5. The summed E-state index contributed by atoms with van der Waals surface area (Å²) >= 11 is 0. The lowest BCUT2D eigenvalue weighted by Crippen LogP contribution is -2.16. The van der Waals surface area contributed by atoms with Crippen LogP contribution in [0.1, 0.15) is 51.6 Å². The third kappa shape index (κ3) is 4.70. The van der Waals surface area contributed by atoms with Crippen LogP contribution in [0.15, 0.2) is 127 Å². The van der Waals surface area contributed by atoms with Crippen molar-refractivity contribution in [2.45, 2.75) is 18.9 Å². The molecule has 0 amide bonds. The molecule has 0 saturated heterocycles. The van der Waals surface area contributed by atoms with Gasteiger partial charge in [0, 0.05) is 5.92 Å². The van der Waals surface area contributed by atoms with Gasteiger partial charge in [0.15, 0.2) is 0 Å². The van der Waals surface area contributed by atoms with Crippen molar-refractivity contribution in [3.63, 3.8) is 0 Å². The molecule has 0 aliphatic heterocycles. The summed E-state index contributed by atoms with van der Waals surface area (Å²) in [5.74, 6) is -0.435. The van der Waals surface area contributed by atoms with Crippen LogP contribution >= 0.6 is 0 Å². The Labute approximate surface area is 189 Å². The van der Waals surface area contributed by atoms with Crippen LogP contribution < -0.4 is 0 Å². The second kappa shape index (κ2) is 9.93. The van der Waals surface area contributed by atoms with E-state index >= 15 is 0 Å². The van der Waals surface area contributed by atoms with Gasteiger partial charge in [0.25, 0.3) is 0 Å². The molecule has 0 radical (unpaired) electrons. The Bertz CT molecular complexity index is 1140. The van der Waals surface area contributed by atoms with Crippen molar-refractivity contribution in [1.29, 1.82) is 0 Å². The minimum Gasteiger partial charge on any atom is -0.449 e. The summed E-state index contributed by atoms with van der Waals surface area (Å²) in [6.07, 6.45) is -0.497. The highest BCUT2D eigenvalue weighted by Gasteiger charge is 2.25. The molecule has 0 bridgehead atoms. The minimum absolute atomic E-state index is 0.0823. The molecule has 0 N–H and O–H groups in total. The Morgan fingerprint density at radius 2 is 1.09 bits per heavy atom. The highest BCUT2D eigenvalue weighted by molar-refractivity contribution is 5.92. The molecule has 4 rings (SSSR count). The van der Waals surface area contributed by atoms with Crippen LogP contribution in [0.5, 0.6) is 0 Å². The van der Waals surface area contributed by atoms with Gasteiger partial charge in [-0.15, -0.1) is 0 Å². The number of benzene rings is 4. The maximum atomic E-state index is 13.5. The summed E-state index contributed by atoms with van der Waals surface area (Å²) in [6.45, 7) is 5.94. The predicted molar refractivity (Wildman–Crippen MR) is 130 cm³/mol. The fourth-order valence-corrected chi connectivity index (χ4v) is 4.03. The smallest absolute Gasteiger partial charge is 0.339 e. The summed E-state index contributed by atoms with van der Waals surface area (Å²) in [5.41, 5.74) is 5.42. The highest BCUT2D eigenvalue weighted by Crippen LogP contribution is 2.35. The minimum atomic E-state index is -0.497. The molecule has 4 aromatic rings. The van der Waals surface area contributed by atoms with E-state index in [1.54, 1.807) is 0 Å². The molecule has 32 heavy (non-hydrogen) atoms. The fraction of sp³-hybridized carbons (Fsp3) is 0.100. The lowest BCUT2D eigenvalue weighted by molar-refractivity contribution is 0.0370. The molecule has 2 nitrogen and oxygen atoms in total. The van der Waals surface area contributed by atoms with Crippen LogP contribution in [0.4, 0.5) is 0 Å². The molecular formula is C30H26O2. The van der Waals surface area contributed by atoms with Crippen molar-refractivity contribution in [2.24, 2.45) is 0 Å². The monoisotopic (exact) mass is 418 g/mol.